The Balaban J connectivity index is 1.40. The Morgan fingerprint density at radius 1 is 1.00 bits per heavy atom. The highest BCUT2D eigenvalue weighted by atomic mass is 16.5. The summed E-state index contributed by atoms with van der Waals surface area (Å²) in [7, 11) is 1.56. The third kappa shape index (κ3) is 5.52. The summed E-state index contributed by atoms with van der Waals surface area (Å²) in [5.41, 5.74) is 0. The highest BCUT2D eigenvalue weighted by Gasteiger charge is 2.21. The van der Waals surface area contributed by atoms with E-state index >= 15 is 0 Å². The number of carbonyl (C=O) groups is 1. The zero-order chi connectivity index (χ0) is 21.5. The predicted octanol–water partition coefficient (Wildman–Crippen LogP) is 1.01. The van der Waals surface area contributed by atoms with E-state index in [1.165, 1.54) is 0 Å². The molecule has 3 heterocycles. The average Bonchev–Trinajstić information content (AvgIpc) is 3.37. The van der Waals surface area contributed by atoms with Crippen LogP contribution in [-0.2, 0) is 16.1 Å². The lowest BCUT2D eigenvalue weighted by atomic mass is 10.3. The predicted molar refractivity (Wildman–Crippen MR) is 115 cm³/mol. The Morgan fingerprint density at radius 2 is 1.65 bits per heavy atom. The van der Waals surface area contributed by atoms with Crippen molar-refractivity contribution in [1.82, 2.24) is 20.3 Å². The molecule has 4 rings (SSSR count). The number of nitrogens with one attached hydrogen (secondary N) is 1. The maximum absolute atomic E-state index is 12.3. The van der Waals surface area contributed by atoms with E-state index in [9.17, 15) is 4.79 Å². The molecule has 10 nitrogen and oxygen atoms in total. The maximum Gasteiger partial charge on any atom is 0.258 e. The van der Waals surface area contributed by atoms with Gasteiger partial charge in [0.2, 0.25) is 11.9 Å². The van der Waals surface area contributed by atoms with Crippen LogP contribution in [-0.4, -0.2) is 74.0 Å². The number of benzene rings is 1. The highest BCUT2D eigenvalue weighted by Crippen LogP contribution is 2.25. The fraction of sp³-hybridized carbons (Fsp3) is 0.524. The third-order valence-corrected chi connectivity index (χ3v) is 5.21. The molecule has 1 amide bonds. The summed E-state index contributed by atoms with van der Waals surface area (Å²) in [6.45, 7) is 4.73. The van der Waals surface area contributed by atoms with Gasteiger partial charge < -0.3 is 29.3 Å². The molecule has 1 aromatic carbocycles. The van der Waals surface area contributed by atoms with Crippen molar-refractivity contribution in [3.8, 4) is 11.5 Å². The molecule has 1 N–H and O–H groups in total. The summed E-state index contributed by atoms with van der Waals surface area (Å²) in [6.07, 6.45) is 2.26. The van der Waals surface area contributed by atoms with Crippen LogP contribution in [0.15, 0.2) is 24.3 Å². The van der Waals surface area contributed by atoms with Gasteiger partial charge in [-0.1, -0.05) is 12.1 Å². The van der Waals surface area contributed by atoms with Crippen LogP contribution in [0.5, 0.6) is 11.5 Å². The Bertz CT molecular complexity index is 884. The van der Waals surface area contributed by atoms with Crippen molar-refractivity contribution < 1.29 is 19.0 Å². The Hall–Kier alpha value is -3.14. The number of morpholine rings is 1. The molecule has 0 bridgehead atoms. The SMILES string of the molecule is COc1ccccc1OCC(=O)NCc1nc(N2CCCC2)nc(N2CCOCC2)n1. The molecule has 2 aromatic rings. The second-order valence-corrected chi connectivity index (χ2v) is 7.36. The van der Waals surface area contributed by atoms with E-state index in [2.05, 4.69) is 30.1 Å². The van der Waals surface area contributed by atoms with Crippen LogP contribution in [0.1, 0.15) is 18.7 Å². The van der Waals surface area contributed by atoms with Gasteiger partial charge in [-0.25, -0.2) is 0 Å². The first kappa shape index (κ1) is 21.1. The zero-order valence-electron chi connectivity index (χ0n) is 17.7. The van der Waals surface area contributed by atoms with Gasteiger partial charge in [-0.2, -0.15) is 15.0 Å². The van der Waals surface area contributed by atoms with Gasteiger partial charge in [0.15, 0.2) is 23.9 Å². The Kier molecular flexibility index (Phi) is 6.98. The van der Waals surface area contributed by atoms with Gasteiger partial charge in [0, 0.05) is 26.2 Å². The smallest absolute Gasteiger partial charge is 0.258 e. The lowest BCUT2D eigenvalue weighted by Gasteiger charge is -2.28. The first-order chi connectivity index (χ1) is 15.2. The number of hydrogen-bond acceptors (Lipinski definition) is 9. The van der Waals surface area contributed by atoms with E-state index in [4.69, 9.17) is 14.2 Å². The zero-order valence-corrected chi connectivity index (χ0v) is 17.7. The maximum atomic E-state index is 12.3. The first-order valence-electron chi connectivity index (χ1n) is 10.6. The van der Waals surface area contributed by atoms with Gasteiger partial charge in [-0.3, -0.25) is 4.79 Å². The van der Waals surface area contributed by atoms with Crippen molar-refractivity contribution in [3.05, 3.63) is 30.1 Å². The van der Waals surface area contributed by atoms with Crippen LogP contribution >= 0.6 is 0 Å². The number of carbonyl (C=O) groups excluding carboxylic acids is 1. The normalized spacial score (nSPS) is 16.3. The van der Waals surface area contributed by atoms with Gasteiger partial charge in [-0.15, -0.1) is 0 Å². The summed E-state index contributed by atoms with van der Waals surface area (Å²) in [4.78, 5) is 30.5. The third-order valence-electron chi connectivity index (χ3n) is 5.21. The molecular formula is C21H28N6O4. The summed E-state index contributed by atoms with van der Waals surface area (Å²) >= 11 is 0. The van der Waals surface area contributed by atoms with Gasteiger partial charge in [0.25, 0.3) is 5.91 Å². The van der Waals surface area contributed by atoms with Gasteiger partial charge in [0.05, 0.1) is 26.9 Å². The average molecular weight is 428 g/mol. The van der Waals surface area contributed by atoms with Crippen LogP contribution in [0.2, 0.25) is 0 Å². The van der Waals surface area contributed by atoms with E-state index in [0.717, 1.165) is 39.0 Å². The monoisotopic (exact) mass is 428 g/mol. The van der Waals surface area contributed by atoms with Gasteiger partial charge >= 0.3 is 0 Å². The van der Waals surface area contributed by atoms with Crippen molar-refractivity contribution in [2.75, 3.05) is 62.9 Å². The summed E-state index contributed by atoms with van der Waals surface area (Å²) < 4.78 is 16.3. The van der Waals surface area contributed by atoms with E-state index in [0.29, 0.717) is 42.4 Å². The van der Waals surface area contributed by atoms with Gasteiger partial charge in [0.1, 0.15) is 0 Å². The van der Waals surface area contributed by atoms with Crippen molar-refractivity contribution in [2.24, 2.45) is 0 Å². The standard InChI is InChI=1S/C21H28N6O4/c1-29-16-6-2-3-7-17(16)31-15-19(28)22-14-18-23-20(26-8-4-5-9-26)25-21(24-18)27-10-12-30-13-11-27/h2-3,6-7H,4-5,8-15H2,1H3,(H,22,28). The van der Waals surface area contributed by atoms with Gasteiger partial charge in [-0.05, 0) is 25.0 Å². The molecule has 0 atom stereocenters. The lowest BCUT2D eigenvalue weighted by molar-refractivity contribution is -0.123. The summed E-state index contributed by atoms with van der Waals surface area (Å²) in [6, 6.07) is 7.21. The molecule has 166 valence electrons. The minimum Gasteiger partial charge on any atom is -0.493 e. The number of anilines is 2. The first-order valence-corrected chi connectivity index (χ1v) is 10.6. The summed E-state index contributed by atoms with van der Waals surface area (Å²) in [5, 5.41) is 2.84. The quantitative estimate of drug-likeness (QED) is 0.660. The second-order valence-electron chi connectivity index (χ2n) is 7.36. The van der Waals surface area contributed by atoms with Crippen molar-refractivity contribution in [3.63, 3.8) is 0 Å². The van der Waals surface area contributed by atoms with Crippen molar-refractivity contribution in [1.29, 1.82) is 0 Å². The second kappa shape index (κ2) is 10.3. The summed E-state index contributed by atoms with van der Waals surface area (Å²) in [5.74, 6) is 2.67. The van der Waals surface area contributed by atoms with E-state index < -0.39 is 0 Å². The number of para-hydroxylation sites is 2. The number of methoxy groups -OCH3 is 1. The molecule has 0 spiro atoms. The molecule has 0 radical (unpaired) electrons. The minimum absolute atomic E-state index is 0.124. The molecule has 2 saturated heterocycles. The molecule has 0 saturated carbocycles. The number of rotatable bonds is 8. The molecule has 0 unspecified atom stereocenters. The number of ether oxygens (including phenoxy) is 3. The van der Waals surface area contributed by atoms with Crippen LogP contribution in [0.25, 0.3) is 0 Å². The fourth-order valence-corrected chi connectivity index (χ4v) is 3.55. The van der Waals surface area contributed by atoms with Crippen LogP contribution < -0.4 is 24.6 Å². The fourth-order valence-electron chi connectivity index (χ4n) is 3.55. The lowest BCUT2D eigenvalue weighted by Crippen LogP contribution is -2.38. The van der Waals surface area contributed by atoms with Crippen LogP contribution in [0, 0.1) is 0 Å². The van der Waals surface area contributed by atoms with E-state index in [1.807, 2.05) is 12.1 Å². The molecule has 0 aliphatic carbocycles. The number of nitrogens with zero attached hydrogens (tertiary/aromatic N) is 5. The Labute approximate surface area is 181 Å². The number of amides is 1. The molecule has 2 aliphatic heterocycles. The van der Waals surface area contributed by atoms with Crippen molar-refractivity contribution in [2.45, 2.75) is 19.4 Å². The molecule has 31 heavy (non-hydrogen) atoms. The number of aromatic nitrogens is 3. The molecule has 10 heteroatoms. The molecule has 2 aliphatic rings. The topological polar surface area (TPSA) is 102 Å². The van der Waals surface area contributed by atoms with Crippen LogP contribution in [0.4, 0.5) is 11.9 Å². The minimum atomic E-state index is -0.262. The molecular weight excluding hydrogens is 400 g/mol. The van der Waals surface area contributed by atoms with Crippen molar-refractivity contribution >= 4 is 17.8 Å². The van der Waals surface area contributed by atoms with Crippen LogP contribution in [0.3, 0.4) is 0 Å². The molecule has 2 fully saturated rings. The number of hydrogen-bond donors (Lipinski definition) is 1. The highest BCUT2D eigenvalue weighted by molar-refractivity contribution is 5.77. The molecule has 1 aromatic heterocycles. The largest absolute Gasteiger partial charge is 0.493 e. The van der Waals surface area contributed by atoms with E-state index in [1.54, 1.807) is 19.2 Å². The Morgan fingerprint density at radius 3 is 2.32 bits per heavy atom. The van der Waals surface area contributed by atoms with E-state index in [-0.39, 0.29) is 19.1 Å².